The average Bonchev–Trinajstić information content (AvgIpc) is 2.86. The lowest BCUT2D eigenvalue weighted by molar-refractivity contribution is 0.639. The second-order valence-corrected chi connectivity index (χ2v) is 3.68. The van der Waals surface area contributed by atoms with E-state index in [9.17, 15) is 0 Å². The van der Waals surface area contributed by atoms with E-state index < -0.39 is 0 Å². The van der Waals surface area contributed by atoms with Crippen molar-refractivity contribution in [3.63, 3.8) is 0 Å². The molecule has 0 aliphatic rings. The molecule has 0 bridgehead atoms. The van der Waals surface area contributed by atoms with Crippen LogP contribution < -0.4 is 5.32 Å². The van der Waals surface area contributed by atoms with E-state index >= 15 is 0 Å². The predicted molar refractivity (Wildman–Crippen MR) is 68.8 cm³/mol. The number of aromatic nitrogens is 2. The quantitative estimate of drug-likeness (QED) is 0.808. The molecule has 0 spiro atoms. The molecule has 1 N–H and O–H groups in total. The van der Waals surface area contributed by atoms with Crippen LogP contribution in [0.4, 0.5) is 0 Å². The Labute approximate surface area is 101 Å². The number of hydrogen-bond donors (Lipinski definition) is 1. The van der Waals surface area contributed by atoms with Gasteiger partial charge in [-0.15, -0.1) is 6.42 Å². The Morgan fingerprint density at radius 2 is 2.12 bits per heavy atom. The van der Waals surface area contributed by atoms with Gasteiger partial charge >= 0.3 is 0 Å². The molecule has 3 heteroatoms. The van der Waals surface area contributed by atoms with E-state index in [1.165, 1.54) is 0 Å². The fourth-order valence-electron chi connectivity index (χ4n) is 1.67. The van der Waals surface area contributed by atoms with Crippen LogP contribution in [0.5, 0.6) is 0 Å². The van der Waals surface area contributed by atoms with Gasteiger partial charge in [0.15, 0.2) is 0 Å². The van der Waals surface area contributed by atoms with Gasteiger partial charge < -0.3 is 0 Å². The first-order valence-corrected chi connectivity index (χ1v) is 5.65. The van der Waals surface area contributed by atoms with Gasteiger partial charge in [0.25, 0.3) is 0 Å². The third kappa shape index (κ3) is 2.55. The lowest BCUT2D eigenvalue weighted by Crippen LogP contribution is -2.19. The molecular weight excluding hydrogens is 210 g/mol. The number of terminal acetylenes is 1. The summed E-state index contributed by atoms with van der Waals surface area (Å²) in [6.07, 6.45) is 7.40. The smallest absolute Gasteiger partial charge is 0.113 e. The summed E-state index contributed by atoms with van der Waals surface area (Å²) in [7, 11) is 0. The summed E-state index contributed by atoms with van der Waals surface area (Å²) in [5.74, 6) is 2.70. The van der Waals surface area contributed by atoms with E-state index in [1.807, 2.05) is 54.2 Å². The van der Waals surface area contributed by atoms with Crippen LogP contribution >= 0.6 is 0 Å². The highest BCUT2D eigenvalue weighted by Gasteiger charge is 2.10. The van der Waals surface area contributed by atoms with Gasteiger partial charge in [-0.1, -0.05) is 31.0 Å². The first-order chi connectivity index (χ1) is 8.35. The van der Waals surface area contributed by atoms with Gasteiger partial charge in [-0.05, 0) is 24.7 Å². The van der Waals surface area contributed by atoms with Crippen LogP contribution in [-0.4, -0.2) is 16.3 Å². The zero-order chi connectivity index (χ0) is 12.1. The molecule has 0 saturated heterocycles. The van der Waals surface area contributed by atoms with E-state index in [1.54, 1.807) is 0 Å². The maximum atomic E-state index is 5.48. The summed E-state index contributed by atoms with van der Waals surface area (Å²) in [6.45, 7) is 2.85. The molecule has 1 atom stereocenters. The monoisotopic (exact) mass is 225 g/mol. The predicted octanol–water partition coefficient (Wildman–Crippen LogP) is 2.16. The number of nitrogens with zero attached hydrogens (tertiary/aromatic N) is 2. The van der Waals surface area contributed by atoms with Crippen molar-refractivity contribution in [2.75, 3.05) is 6.54 Å². The number of nitrogens with one attached hydrogen (secondary N) is 1. The third-order valence-corrected chi connectivity index (χ3v) is 2.50. The molecule has 0 saturated carbocycles. The molecule has 1 heterocycles. The van der Waals surface area contributed by atoms with E-state index in [2.05, 4.69) is 16.3 Å². The Kier molecular flexibility index (Phi) is 3.59. The van der Waals surface area contributed by atoms with E-state index in [4.69, 9.17) is 6.42 Å². The molecule has 17 heavy (non-hydrogen) atoms. The van der Waals surface area contributed by atoms with Gasteiger partial charge in [-0.3, -0.25) is 5.32 Å². The molecule has 0 amide bonds. The Morgan fingerprint density at radius 1 is 1.35 bits per heavy atom. The molecule has 1 aromatic carbocycles. The van der Waals surface area contributed by atoms with Crippen LogP contribution in [0.3, 0.4) is 0 Å². The van der Waals surface area contributed by atoms with Crippen molar-refractivity contribution in [1.29, 1.82) is 0 Å². The second-order valence-electron chi connectivity index (χ2n) is 3.68. The maximum absolute atomic E-state index is 5.48. The number of hydrogen-bond acceptors (Lipinski definition) is 2. The summed E-state index contributed by atoms with van der Waals surface area (Å²) < 4.78 is 1.83. The van der Waals surface area contributed by atoms with Crippen molar-refractivity contribution in [3.8, 4) is 18.0 Å². The summed E-state index contributed by atoms with van der Waals surface area (Å²) in [4.78, 5) is 0. The van der Waals surface area contributed by atoms with Gasteiger partial charge in [0, 0.05) is 6.20 Å². The Morgan fingerprint density at radius 3 is 2.76 bits per heavy atom. The van der Waals surface area contributed by atoms with E-state index in [0.29, 0.717) is 0 Å². The molecule has 3 nitrogen and oxygen atoms in total. The standard InChI is InChI=1S/C14H15N3/c1-3-13(15-4-2)14-10-11-17(16-14)12-8-6-5-7-9-12/h1,5-11,13,15H,4H2,2H3. The first kappa shape index (κ1) is 11.4. The van der Waals surface area contributed by atoms with Crippen LogP contribution in [0, 0.1) is 12.3 Å². The number of rotatable bonds is 4. The first-order valence-electron chi connectivity index (χ1n) is 5.65. The van der Waals surface area contributed by atoms with E-state index in [0.717, 1.165) is 17.9 Å². The molecule has 1 aromatic heterocycles. The largest absolute Gasteiger partial charge is 0.299 e. The summed E-state index contributed by atoms with van der Waals surface area (Å²) >= 11 is 0. The summed E-state index contributed by atoms with van der Waals surface area (Å²) in [5.41, 5.74) is 1.91. The van der Waals surface area contributed by atoms with Crippen LogP contribution in [0.2, 0.25) is 0 Å². The third-order valence-electron chi connectivity index (χ3n) is 2.50. The SMILES string of the molecule is C#CC(NCC)c1ccn(-c2ccccc2)n1. The average molecular weight is 225 g/mol. The van der Waals surface area contributed by atoms with Crippen molar-refractivity contribution >= 4 is 0 Å². The topological polar surface area (TPSA) is 29.9 Å². The minimum absolute atomic E-state index is 0.120. The number of para-hydroxylation sites is 1. The zero-order valence-electron chi connectivity index (χ0n) is 9.80. The molecule has 0 fully saturated rings. The van der Waals surface area contributed by atoms with Gasteiger partial charge in [0.1, 0.15) is 6.04 Å². The number of benzene rings is 1. The Hall–Kier alpha value is -2.05. The fourth-order valence-corrected chi connectivity index (χ4v) is 1.67. The molecule has 2 rings (SSSR count). The summed E-state index contributed by atoms with van der Waals surface area (Å²) in [5, 5.41) is 7.68. The van der Waals surface area contributed by atoms with Crippen molar-refractivity contribution in [3.05, 3.63) is 48.3 Å². The van der Waals surface area contributed by atoms with Gasteiger partial charge in [-0.25, -0.2) is 4.68 Å². The highest BCUT2D eigenvalue weighted by molar-refractivity contribution is 5.31. The van der Waals surface area contributed by atoms with E-state index in [-0.39, 0.29) is 6.04 Å². The van der Waals surface area contributed by atoms with Crippen molar-refractivity contribution in [1.82, 2.24) is 15.1 Å². The van der Waals surface area contributed by atoms with Crippen molar-refractivity contribution in [2.45, 2.75) is 13.0 Å². The van der Waals surface area contributed by atoms with Crippen molar-refractivity contribution < 1.29 is 0 Å². The lowest BCUT2D eigenvalue weighted by Gasteiger charge is -2.07. The van der Waals surface area contributed by atoms with Gasteiger partial charge in [-0.2, -0.15) is 5.10 Å². The molecular formula is C14H15N3. The van der Waals surface area contributed by atoms with Gasteiger partial charge in [0.2, 0.25) is 0 Å². The molecule has 1 unspecified atom stereocenters. The zero-order valence-corrected chi connectivity index (χ0v) is 9.80. The molecule has 0 radical (unpaired) electrons. The van der Waals surface area contributed by atoms with Crippen LogP contribution in [0.15, 0.2) is 42.6 Å². The van der Waals surface area contributed by atoms with Gasteiger partial charge in [0.05, 0.1) is 11.4 Å². The highest BCUT2D eigenvalue weighted by Crippen LogP contribution is 2.12. The normalized spacial score (nSPS) is 12.0. The second kappa shape index (κ2) is 5.33. The highest BCUT2D eigenvalue weighted by atomic mass is 15.3. The van der Waals surface area contributed by atoms with Crippen LogP contribution in [0.1, 0.15) is 18.7 Å². The molecule has 86 valence electrons. The Balaban J connectivity index is 2.25. The van der Waals surface area contributed by atoms with Crippen LogP contribution in [0.25, 0.3) is 5.69 Å². The molecule has 2 aromatic rings. The minimum Gasteiger partial charge on any atom is -0.299 e. The maximum Gasteiger partial charge on any atom is 0.113 e. The fraction of sp³-hybridized carbons (Fsp3) is 0.214. The summed E-state index contributed by atoms with van der Waals surface area (Å²) in [6, 6.07) is 11.8. The van der Waals surface area contributed by atoms with Crippen LogP contribution in [-0.2, 0) is 0 Å². The minimum atomic E-state index is -0.120. The van der Waals surface area contributed by atoms with Crippen molar-refractivity contribution in [2.24, 2.45) is 0 Å². The Bertz CT molecular complexity index is 508. The molecule has 0 aliphatic heterocycles. The molecule has 0 aliphatic carbocycles. The lowest BCUT2D eigenvalue weighted by atomic mass is 10.2.